The van der Waals surface area contributed by atoms with Gasteiger partial charge < -0.3 is 20.3 Å². The maximum absolute atomic E-state index is 10.2. The van der Waals surface area contributed by atoms with Crippen LogP contribution in [0.25, 0.3) is 11.3 Å². The number of phenolic OH excluding ortho intramolecular Hbond substituents is 1. The van der Waals surface area contributed by atoms with Crippen molar-refractivity contribution in [1.82, 2.24) is 10.2 Å². The molecule has 3 heterocycles. The van der Waals surface area contributed by atoms with E-state index in [9.17, 15) is 5.11 Å². The fourth-order valence-electron chi connectivity index (χ4n) is 3.05. The number of benzene rings is 1. The first-order valence-electron chi connectivity index (χ1n) is 7.24. The molecule has 2 aliphatic rings. The number of nitrogens with two attached hydrogens (primary N) is 1. The van der Waals surface area contributed by atoms with E-state index in [0.717, 1.165) is 16.7 Å². The van der Waals surface area contributed by atoms with Gasteiger partial charge in [-0.1, -0.05) is 6.07 Å². The number of aromatic nitrogens is 2. The van der Waals surface area contributed by atoms with E-state index in [-0.39, 0.29) is 11.4 Å². The summed E-state index contributed by atoms with van der Waals surface area (Å²) in [5.41, 5.74) is 9.89. The predicted molar refractivity (Wildman–Crippen MR) is 80.3 cm³/mol. The van der Waals surface area contributed by atoms with Crippen molar-refractivity contribution in [2.75, 3.05) is 18.9 Å². The van der Waals surface area contributed by atoms with Crippen molar-refractivity contribution in [2.24, 2.45) is 0 Å². The van der Waals surface area contributed by atoms with Crippen LogP contribution in [0.2, 0.25) is 0 Å². The van der Waals surface area contributed by atoms with Crippen molar-refractivity contribution >= 4 is 5.82 Å². The van der Waals surface area contributed by atoms with E-state index in [1.165, 1.54) is 0 Å². The van der Waals surface area contributed by atoms with Crippen LogP contribution in [-0.2, 0) is 22.5 Å². The number of ether oxygens (including phenoxy) is 2. The standard InChI is InChI=1S/C16H17N3O3/c1-9-2-3-10(13(20)4-9)14-12-6-22-16(7-21-8-16)5-11(12)15(17)19-18-14/h2-4,20H,5-8H2,1H3,(H2,17,19). The molecule has 1 fully saturated rings. The van der Waals surface area contributed by atoms with Crippen LogP contribution in [0.15, 0.2) is 18.2 Å². The van der Waals surface area contributed by atoms with Crippen molar-refractivity contribution in [2.45, 2.75) is 25.6 Å². The van der Waals surface area contributed by atoms with Crippen molar-refractivity contribution in [1.29, 1.82) is 0 Å². The second kappa shape index (κ2) is 4.66. The minimum Gasteiger partial charge on any atom is -0.507 e. The summed E-state index contributed by atoms with van der Waals surface area (Å²) in [6.45, 7) is 3.50. The largest absolute Gasteiger partial charge is 0.507 e. The smallest absolute Gasteiger partial charge is 0.149 e. The number of hydrogen-bond acceptors (Lipinski definition) is 6. The van der Waals surface area contributed by atoms with E-state index < -0.39 is 0 Å². The van der Waals surface area contributed by atoms with Gasteiger partial charge in [-0.2, -0.15) is 0 Å². The van der Waals surface area contributed by atoms with Gasteiger partial charge in [-0.3, -0.25) is 0 Å². The van der Waals surface area contributed by atoms with Gasteiger partial charge in [0.1, 0.15) is 22.9 Å². The molecule has 2 aromatic rings. The quantitative estimate of drug-likeness (QED) is 0.831. The molecule has 0 bridgehead atoms. The number of fused-ring (bicyclic) bond motifs is 1. The Bertz CT molecular complexity index is 757. The van der Waals surface area contributed by atoms with Gasteiger partial charge in [0, 0.05) is 23.1 Å². The molecule has 0 aliphatic carbocycles. The van der Waals surface area contributed by atoms with Crippen LogP contribution in [0.4, 0.5) is 5.82 Å². The fourth-order valence-corrected chi connectivity index (χ4v) is 3.05. The number of aromatic hydroxyl groups is 1. The lowest BCUT2D eigenvalue weighted by molar-refractivity contribution is -0.220. The first kappa shape index (κ1) is 13.5. The third kappa shape index (κ3) is 1.95. The second-order valence-electron chi connectivity index (χ2n) is 6.05. The number of phenols is 1. The summed E-state index contributed by atoms with van der Waals surface area (Å²) >= 11 is 0. The molecule has 1 aromatic heterocycles. The number of aryl methyl sites for hydroxylation is 1. The maximum atomic E-state index is 10.2. The highest BCUT2D eigenvalue weighted by Gasteiger charge is 2.44. The van der Waals surface area contributed by atoms with Crippen LogP contribution in [0, 0.1) is 6.92 Å². The highest BCUT2D eigenvalue weighted by molar-refractivity contribution is 5.72. The van der Waals surface area contributed by atoms with E-state index >= 15 is 0 Å². The Balaban J connectivity index is 1.84. The Morgan fingerprint density at radius 1 is 1.23 bits per heavy atom. The Hall–Kier alpha value is -2.18. The van der Waals surface area contributed by atoms with E-state index in [1.807, 2.05) is 19.1 Å². The van der Waals surface area contributed by atoms with Crippen LogP contribution < -0.4 is 5.73 Å². The van der Waals surface area contributed by atoms with Gasteiger partial charge in [-0.25, -0.2) is 0 Å². The molecule has 0 saturated carbocycles. The van der Waals surface area contributed by atoms with Crippen molar-refractivity contribution < 1.29 is 14.6 Å². The molecule has 2 aliphatic heterocycles. The Labute approximate surface area is 127 Å². The summed E-state index contributed by atoms with van der Waals surface area (Å²) < 4.78 is 11.3. The van der Waals surface area contributed by atoms with E-state index in [4.69, 9.17) is 15.2 Å². The third-order valence-electron chi connectivity index (χ3n) is 4.38. The Morgan fingerprint density at radius 2 is 2.05 bits per heavy atom. The number of nitrogens with zero attached hydrogens (tertiary/aromatic N) is 2. The molecule has 4 rings (SSSR count). The molecular weight excluding hydrogens is 282 g/mol. The van der Waals surface area contributed by atoms with Crippen molar-refractivity contribution in [3.8, 4) is 17.0 Å². The molecule has 6 heteroatoms. The highest BCUT2D eigenvalue weighted by atomic mass is 16.6. The molecule has 0 atom stereocenters. The summed E-state index contributed by atoms with van der Waals surface area (Å²) in [5, 5.41) is 18.5. The zero-order chi connectivity index (χ0) is 15.3. The first-order chi connectivity index (χ1) is 10.6. The van der Waals surface area contributed by atoms with Crippen LogP contribution in [0.3, 0.4) is 0 Å². The van der Waals surface area contributed by atoms with Crippen LogP contribution in [0.1, 0.15) is 16.7 Å². The molecular formula is C16H17N3O3. The minimum atomic E-state index is -0.267. The average Bonchev–Trinajstić information content (AvgIpc) is 2.47. The Morgan fingerprint density at radius 3 is 2.73 bits per heavy atom. The number of nitrogen functional groups attached to an aromatic ring is 1. The third-order valence-corrected chi connectivity index (χ3v) is 4.38. The topological polar surface area (TPSA) is 90.5 Å². The fraction of sp³-hybridized carbons (Fsp3) is 0.375. The zero-order valence-electron chi connectivity index (χ0n) is 12.3. The van der Waals surface area contributed by atoms with Gasteiger partial charge in [0.05, 0.1) is 19.8 Å². The SMILES string of the molecule is Cc1ccc(-c2nnc(N)c3c2COC2(COC2)C3)c(O)c1. The normalized spacial score (nSPS) is 18.8. The molecule has 0 unspecified atom stereocenters. The van der Waals surface area contributed by atoms with Gasteiger partial charge in [0.25, 0.3) is 0 Å². The molecule has 22 heavy (non-hydrogen) atoms. The van der Waals surface area contributed by atoms with E-state index in [2.05, 4.69) is 10.2 Å². The molecule has 1 aromatic carbocycles. The Kier molecular flexibility index (Phi) is 2.85. The summed E-state index contributed by atoms with van der Waals surface area (Å²) in [6.07, 6.45) is 0.670. The molecule has 0 radical (unpaired) electrons. The highest BCUT2D eigenvalue weighted by Crippen LogP contribution is 2.40. The first-order valence-corrected chi connectivity index (χ1v) is 7.24. The number of anilines is 1. The van der Waals surface area contributed by atoms with Gasteiger partial charge in [0.15, 0.2) is 0 Å². The zero-order valence-corrected chi connectivity index (χ0v) is 12.3. The molecule has 1 spiro atoms. The monoisotopic (exact) mass is 299 g/mol. The maximum Gasteiger partial charge on any atom is 0.149 e. The van der Waals surface area contributed by atoms with Crippen LogP contribution >= 0.6 is 0 Å². The van der Waals surface area contributed by atoms with E-state index in [1.54, 1.807) is 6.07 Å². The van der Waals surface area contributed by atoms with Gasteiger partial charge in [-0.15, -0.1) is 10.2 Å². The summed E-state index contributed by atoms with van der Waals surface area (Å²) in [7, 11) is 0. The summed E-state index contributed by atoms with van der Waals surface area (Å²) in [4.78, 5) is 0. The molecule has 114 valence electrons. The lowest BCUT2D eigenvalue weighted by Gasteiger charge is -2.44. The molecule has 0 amide bonds. The molecule has 1 saturated heterocycles. The van der Waals surface area contributed by atoms with Crippen LogP contribution in [-0.4, -0.2) is 34.1 Å². The second-order valence-corrected chi connectivity index (χ2v) is 6.05. The van der Waals surface area contributed by atoms with Gasteiger partial charge in [-0.05, 0) is 24.6 Å². The van der Waals surface area contributed by atoms with E-state index in [0.29, 0.717) is 43.3 Å². The van der Waals surface area contributed by atoms with Gasteiger partial charge >= 0.3 is 0 Å². The average molecular weight is 299 g/mol. The van der Waals surface area contributed by atoms with Crippen molar-refractivity contribution in [3.05, 3.63) is 34.9 Å². The number of hydrogen-bond donors (Lipinski definition) is 2. The summed E-state index contributed by atoms with van der Waals surface area (Å²) in [6, 6.07) is 5.50. The molecule has 6 nitrogen and oxygen atoms in total. The molecule has 3 N–H and O–H groups in total. The minimum absolute atomic E-state index is 0.188. The number of rotatable bonds is 1. The lowest BCUT2D eigenvalue weighted by atomic mass is 9.86. The van der Waals surface area contributed by atoms with Gasteiger partial charge in [0.2, 0.25) is 0 Å². The van der Waals surface area contributed by atoms with Crippen LogP contribution in [0.5, 0.6) is 5.75 Å². The predicted octanol–water partition coefficient (Wildman–Crippen LogP) is 1.58. The summed E-state index contributed by atoms with van der Waals surface area (Å²) in [5.74, 6) is 0.619. The lowest BCUT2D eigenvalue weighted by Crippen LogP contribution is -2.55. The van der Waals surface area contributed by atoms with Crippen molar-refractivity contribution in [3.63, 3.8) is 0 Å².